The monoisotopic (exact) mass is 504 g/mol. The van der Waals surface area contributed by atoms with Crippen molar-refractivity contribution in [3.63, 3.8) is 0 Å². The van der Waals surface area contributed by atoms with Crippen molar-refractivity contribution in [2.24, 2.45) is 17.3 Å². The molecule has 0 saturated heterocycles. The van der Waals surface area contributed by atoms with Gasteiger partial charge in [0.1, 0.15) is 17.0 Å². The molecule has 4 bridgehead atoms. The van der Waals surface area contributed by atoms with Crippen molar-refractivity contribution in [1.82, 2.24) is 0 Å². The minimum absolute atomic E-state index is 0.0460. The summed E-state index contributed by atoms with van der Waals surface area (Å²) in [6, 6.07) is 13.3. The quantitative estimate of drug-likeness (QED) is 0.236. The molecule has 0 spiro atoms. The first-order chi connectivity index (χ1) is 17.8. The molecule has 5 aliphatic carbocycles. The van der Waals surface area contributed by atoms with E-state index in [9.17, 15) is 14.0 Å². The van der Waals surface area contributed by atoms with Gasteiger partial charge in [0.25, 0.3) is 0 Å². The summed E-state index contributed by atoms with van der Waals surface area (Å²) >= 11 is 0. The molecule has 2 aromatic rings. The van der Waals surface area contributed by atoms with Crippen LogP contribution in [0.5, 0.6) is 11.5 Å². The Morgan fingerprint density at radius 3 is 2.35 bits per heavy atom. The first-order valence-corrected chi connectivity index (χ1v) is 13.4. The number of hydrogen-bond donors (Lipinski definition) is 0. The number of para-hydroxylation sites is 1. The first-order valence-electron chi connectivity index (χ1n) is 13.4. The lowest BCUT2D eigenvalue weighted by Gasteiger charge is -2.59. The molecular formula is C31H33FO5. The summed E-state index contributed by atoms with van der Waals surface area (Å²) in [5, 5.41) is 0. The molecule has 5 saturated carbocycles. The fraction of sp³-hybridized carbons (Fsp3) is 0.484. The number of carbonyl (C=O) groups excluding carboxylic acids is 2. The fourth-order valence-electron chi connectivity index (χ4n) is 7.74. The summed E-state index contributed by atoms with van der Waals surface area (Å²) < 4.78 is 32.8. The summed E-state index contributed by atoms with van der Waals surface area (Å²) in [5.74, 6) is -0.0208. The molecule has 2 aromatic carbocycles. The van der Waals surface area contributed by atoms with Gasteiger partial charge in [0, 0.05) is 6.42 Å². The van der Waals surface area contributed by atoms with E-state index in [0.717, 1.165) is 57.8 Å². The van der Waals surface area contributed by atoms with Gasteiger partial charge >= 0.3 is 11.9 Å². The van der Waals surface area contributed by atoms with Gasteiger partial charge in [-0.2, -0.15) is 0 Å². The van der Waals surface area contributed by atoms with Crippen LogP contribution in [0.15, 0.2) is 61.2 Å². The maximum atomic E-state index is 14.7. The lowest BCUT2D eigenvalue weighted by molar-refractivity contribution is -0.189. The molecule has 0 aromatic heterocycles. The summed E-state index contributed by atoms with van der Waals surface area (Å²) in [7, 11) is 0. The molecule has 5 fully saturated rings. The Morgan fingerprint density at radius 2 is 1.68 bits per heavy atom. The van der Waals surface area contributed by atoms with Crippen molar-refractivity contribution in [3.05, 3.63) is 72.6 Å². The molecule has 194 valence electrons. The van der Waals surface area contributed by atoms with E-state index in [1.54, 1.807) is 18.2 Å². The Balaban J connectivity index is 1.22. The predicted molar refractivity (Wildman–Crippen MR) is 136 cm³/mol. The zero-order valence-corrected chi connectivity index (χ0v) is 21.0. The Labute approximate surface area is 217 Å². The molecule has 0 heterocycles. The largest absolute Gasteiger partial charge is 0.480 e. The van der Waals surface area contributed by atoms with Crippen LogP contribution in [0, 0.1) is 23.1 Å². The highest BCUT2D eigenvalue weighted by atomic mass is 19.1. The fourth-order valence-corrected chi connectivity index (χ4v) is 7.74. The van der Waals surface area contributed by atoms with Gasteiger partial charge in [-0.25, -0.2) is 9.18 Å². The first kappa shape index (κ1) is 24.2. The van der Waals surface area contributed by atoms with E-state index < -0.39 is 28.4 Å². The predicted octanol–water partition coefficient (Wildman–Crippen LogP) is 6.80. The van der Waals surface area contributed by atoms with E-state index in [-0.39, 0.29) is 17.3 Å². The zero-order valence-electron chi connectivity index (χ0n) is 21.0. The van der Waals surface area contributed by atoms with Crippen LogP contribution in [0.2, 0.25) is 0 Å². The standard InChI is InChI=1S/C31H33FO5/c1-2-30(12-6-7-13-30)36-26-15-23(10-11-25(26)32)27(33)37-31-18-21-14-22(19-31)17-29(16-21,20-31)28(34)35-24-8-4-3-5-9-24/h2-5,8-11,15,21-22H,1,6-7,12-14,16-20H2. The Morgan fingerprint density at radius 1 is 0.973 bits per heavy atom. The van der Waals surface area contributed by atoms with Crippen LogP contribution in [-0.2, 0) is 9.53 Å². The number of benzene rings is 2. The maximum Gasteiger partial charge on any atom is 0.338 e. The number of rotatable bonds is 7. The molecule has 0 amide bonds. The van der Waals surface area contributed by atoms with Crippen molar-refractivity contribution in [2.75, 3.05) is 0 Å². The summed E-state index contributed by atoms with van der Waals surface area (Å²) in [4.78, 5) is 26.8. The van der Waals surface area contributed by atoms with E-state index in [2.05, 4.69) is 6.58 Å². The number of halogens is 1. The molecule has 6 heteroatoms. The average molecular weight is 505 g/mol. The second-order valence-corrected chi connectivity index (χ2v) is 11.7. The minimum Gasteiger partial charge on any atom is -0.480 e. The number of carbonyl (C=O) groups is 2. The van der Waals surface area contributed by atoms with Crippen molar-refractivity contribution in [1.29, 1.82) is 0 Å². The summed E-state index contributed by atoms with van der Waals surface area (Å²) in [5.41, 5.74) is -1.70. The van der Waals surface area contributed by atoms with Crippen LogP contribution in [0.1, 0.15) is 74.6 Å². The zero-order chi connectivity index (χ0) is 25.7. The van der Waals surface area contributed by atoms with Gasteiger partial charge in [0.15, 0.2) is 11.6 Å². The molecule has 0 N–H and O–H groups in total. The minimum atomic E-state index is -0.708. The van der Waals surface area contributed by atoms with Gasteiger partial charge in [-0.05, 0) is 106 Å². The van der Waals surface area contributed by atoms with E-state index in [1.165, 1.54) is 18.2 Å². The molecule has 0 radical (unpaired) electrons. The summed E-state index contributed by atoms with van der Waals surface area (Å²) in [6.45, 7) is 3.89. The molecule has 7 rings (SSSR count). The summed E-state index contributed by atoms with van der Waals surface area (Å²) in [6.07, 6.45) is 9.84. The van der Waals surface area contributed by atoms with Gasteiger partial charge in [0.2, 0.25) is 0 Å². The highest BCUT2D eigenvalue weighted by Gasteiger charge is 2.63. The third kappa shape index (κ3) is 4.45. The van der Waals surface area contributed by atoms with Crippen LogP contribution in [-0.4, -0.2) is 23.1 Å². The number of ether oxygens (including phenoxy) is 3. The molecule has 5 nitrogen and oxygen atoms in total. The van der Waals surface area contributed by atoms with Crippen molar-refractivity contribution in [3.8, 4) is 11.5 Å². The van der Waals surface area contributed by atoms with Crippen molar-refractivity contribution >= 4 is 11.9 Å². The van der Waals surface area contributed by atoms with Crippen LogP contribution in [0.25, 0.3) is 0 Å². The van der Waals surface area contributed by atoms with Gasteiger partial charge in [-0.3, -0.25) is 4.79 Å². The van der Waals surface area contributed by atoms with Gasteiger partial charge in [0.05, 0.1) is 11.0 Å². The third-order valence-electron chi connectivity index (χ3n) is 9.01. The van der Waals surface area contributed by atoms with Gasteiger partial charge in [-0.15, -0.1) is 0 Å². The molecule has 5 aliphatic rings. The third-order valence-corrected chi connectivity index (χ3v) is 9.01. The molecule has 2 unspecified atom stereocenters. The highest BCUT2D eigenvalue weighted by Crippen LogP contribution is 2.63. The second-order valence-electron chi connectivity index (χ2n) is 11.7. The molecule has 0 aliphatic heterocycles. The maximum absolute atomic E-state index is 14.7. The topological polar surface area (TPSA) is 61.8 Å². The lowest BCUT2D eigenvalue weighted by atomic mass is 9.48. The Bertz CT molecular complexity index is 1200. The van der Waals surface area contributed by atoms with E-state index in [4.69, 9.17) is 14.2 Å². The molecule has 37 heavy (non-hydrogen) atoms. The van der Waals surface area contributed by atoms with Gasteiger partial charge < -0.3 is 14.2 Å². The van der Waals surface area contributed by atoms with Crippen molar-refractivity contribution < 1.29 is 28.2 Å². The van der Waals surface area contributed by atoms with E-state index in [0.29, 0.717) is 24.0 Å². The lowest BCUT2D eigenvalue weighted by Crippen LogP contribution is -2.60. The van der Waals surface area contributed by atoms with Gasteiger partial charge in [-0.1, -0.05) is 24.8 Å². The molecular weight excluding hydrogens is 471 g/mol. The Kier molecular flexibility index (Phi) is 5.89. The number of esters is 2. The van der Waals surface area contributed by atoms with Crippen LogP contribution < -0.4 is 9.47 Å². The van der Waals surface area contributed by atoms with E-state index >= 15 is 0 Å². The van der Waals surface area contributed by atoms with Crippen LogP contribution in [0.4, 0.5) is 4.39 Å². The normalized spacial score (nSPS) is 31.1. The molecule has 2 atom stereocenters. The SMILES string of the molecule is C=CC1(Oc2cc(C(=O)OC34CC5CC(C3)CC(C(=O)Oc3ccccc3)(C5)C4)ccc2F)CCCC1. The average Bonchev–Trinajstić information content (AvgIpc) is 3.34. The van der Waals surface area contributed by atoms with Crippen LogP contribution >= 0.6 is 0 Å². The highest BCUT2D eigenvalue weighted by molar-refractivity contribution is 5.90. The Hall–Kier alpha value is -3.15. The second kappa shape index (κ2) is 9.00. The smallest absolute Gasteiger partial charge is 0.338 e. The van der Waals surface area contributed by atoms with Crippen LogP contribution in [0.3, 0.4) is 0 Å². The van der Waals surface area contributed by atoms with Crippen molar-refractivity contribution in [2.45, 2.75) is 75.4 Å². The van der Waals surface area contributed by atoms with E-state index in [1.807, 2.05) is 18.2 Å². The number of hydrogen-bond acceptors (Lipinski definition) is 5.